The molecule has 0 aliphatic carbocycles. The third kappa shape index (κ3) is 2.28. The molecule has 0 saturated carbocycles. The van der Waals surface area contributed by atoms with Crippen LogP contribution in [0.3, 0.4) is 0 Å². The molecule has 2 aromatic rings. The van der Waals surface area contributed by atoms with E-state index in [0.29, 0.717) is 0 Å². The summed E-state index contributed by atoms with van der Waals surface area (Å²) in [5, 5.41) is 5.37. The van der Waals surface area contributed by atoms with Crippen molar-refractivity contribution in [3.05, 3.63) is 64.1 Å². The Morgan fingerprint density at radius 1 is 1.26 bits per heavy atom. The van der Waals surface area contributed by atoms with Gasteiger partial charge in [0.15, 0.2) is 0 Å². The van der Waals surface area contributed by atoms with Gasteiger partial charge in [0.2, 0.25) is 4.87 Å². The first-order valence-corrected chi connectivity index (χ1v) is 8.86. The minimum atomic E-state index is -0.835. The Balaban J connectivity index is 1.67. The number of hydrogen-bond acceptors (Lipinski definition) is 4. The topological polar surface area (TPSA) is 44.7 Å². The van der Waals surface area contributed by atoms with E-state index in [1.54, 1.807) is 11.9 Å². The molecule has 0 radical (unpaired) electrons. The number of nitrogens with zero attached hydrogens (tertiary/aromatic N) is 2. The number of anilines is 1. The lowest BCUT2D eigenvalue weighted by Gasteiger charge is -2.21. The fourth-order valence-corrected chi connectivity index (χ4v) is 4.59. The number of amides is 1. The molecule has 116 valence electrons. The predicted molar refractivity (Wildman–Crippen MR) is 97.5 cm³/mol. The maximum atomic E-state index is 12.8. The van der Waals surface area contributed by atoms with Crippen molar-refractivity contribution in [2.24, 2.45) is 5.10 Å². The molecule has 1 N–H and O–H groups in total. The van der Waals surface area contributed by atoms with Gasteiger partial charge in [-0.15, -0.1) is 0 Å². The van der Waals surface area contributed by atoms with E-state index in [4.69, 9.17) is 0 Å². The standard InChI is InChI=1S/C17H14BrN3OS/c1-21-14-8-7-12(18)10-13(14)17(16(21)22)20-19-15(23-17)9-11-5-3-2-4-6-11/h2-8,10,20H,9H2,1H3/t17-/m1/s1. The number of carbonyl (C=O) groups is 1. The molecule has 4 nitrogen and oxygen atoms in total. The molecule has 1 amide bonds. The zero-order chi connectivity index (χ0) is 16.0. The van der Waals surface area contributed by atoms with Gasteiger partial charge in [-0.3, -0.25) is 10.2 Å². The molecule has 23 heavy (non-hydrogen) atoms. The van der Waals surface area contributed by atoms with Crippen molar-refractivity contribution >= 4 is 44.3 Å². The van der Waals surface area contributed by atoms with Gasteiger partial charge in [0, 0.05) is 23.5 Å². The largest absolute Gasteiger partial charge is 0.312 e. The smallest absolute Gasteiger partial charge is 0.269 e. The first-order valence-electron chi connectivity index (χ1n) is 7.25. The average molecular weight is 388 g/mol. The Hall–Kier alpha value is -1.79. The van der Waals surface area contributed by atoms with Crippen LogP contribution in [0.4, 0.5) is 5.69 Å². The number of halogens is 1. The predicted octanol–water partition coefficient (Wildman–Crippen LogP) is 3.47. The number of thioether (sulfide) groups is 1. The van der Waals surface area contributed by atoms with E-state index in [1.165, 1.54) is 17.3 Å². The van der Waals surface area contributed by atoms with Gasteiger partial charge in [0.1, 0.15) is 5.04 Å². The summed E-state index contributed by atoms with van der Waals surface area (Å²) < 4.78 is 0.956. The first-order chi connectivity index (χ1) is 11.1. The summed E-state index contributed by atoms with van der Waals surface area (Å²) in [6.07, 6.45) is 0.723. The van der Waals surface area contributed by atoms with Crippen LogP contribution >= 0.6 is 27.7 Å². The summed E-state index contributed by atoms with van der Waals surface area (Å²) in [6.45, 7) is 0. The highest BCUT2D eigenvalue weighted by Crippen LogP contribution is 2.50. The molecule has 0 saturated heterocycles. The molecule has 0 fully saturated rings. The molecule has 2 heterocycles. The zero-order valence-electron chi connectivity index (χ0n) is 12.4. The fourth-order valence-electron chi connectivity index (χ4n) is 2.96. The summed E-state index contributed by atoms with van der Waals surface area (Å²) in [5.41, 5.74) is 6.17. The maximum Gasteiger partial charge on any atom is 0.269 e. The number of likely N-dealkylation sites (N-methyl/N-ethyl adjacent to an activating group) is 1. The lowest BCUT2D eigenvalue weighted by Crippen LogP contribution is -2.43. The van der Waals surface area contributed by atoms with Crippen LogP contribution in [0.1, 0.15) is 11.1 Å². The molecule has 4 rings (SSSR count). The maximum absolute atomic E-state index is 12.8. The van der Waals surface area contributed by atoms with Crippen LogP contribution in [-0.2, 0) is 16.1 Å². The van der Waals surface area contributed by atoms with Crippen LogP contribution in [-0.4, -0.2) is 18.0 Å². The second kappa shape index (κ2) is 5.39. The molecule has 2 aromatic carbocycles. The van der Waals surface area contributed by atoms with Gasteiger partial charge in [-0.05, 0) is 23.8 Å². The van der Waals surface area contributed by atoms with E-state index < -0.39 is 4.87 Å². The molecule has 2 aliphatic heterocycles. The minimum Gasteiger partial charge on any atom is -0.312 e. The molecule has 0 aromatic heterocycles. The van der Waals surface area contributed by atoms with Gasteiger partial charge >= 0.3 is 0 Å². The summed E-state index contributed by atoms with van der Waals surface area (Å²) in [7, 11) is 1.81. The second-order valence-electron chi connectivity index (χ2n) is 5.59. The summed E-state index contributed by atoms with van der Waals surface area (Å²) in [6, 6.07) is 16.1. The van der Waals surface area contributed by atoms with Crippen molar-refractivity contribution in [3.63, 3.8) is 0 Å². The molecule has 1 atom stereocenters. The van der Waals surface area contributed by atoms with Gasteiger partial charge in [0.05, 0.1) is 5.69 Å². The molecular formula is C17H14BrN3OS. The quantitative estimate of drug-likeness (QED) is 0.857. The van der Waals surface area contributed by atoms with Crippen LogP contribution < -0.4 is 10.3 Å². The molecule has 6 heteroatoms. The Bertz CT molecular complexity index is 824. The minimum absolute atomic E-state index is 0.0161. The van der Waals surface area contributed by atoms with E-state index in [1.807, 2.05) is 36.4 Å². The van der Waals surface area contributed by atoms with Crippen LogP contribution in [0.25, 0.3) is 0 Å². The molecule has 0 bridgehead atoms. The molecule has 0 unspecified atom stereocenters. The van der Waals surface area contributed by atoms with Crippen molar-refractivity contribution in [2.45, 2.75) is 11.3 Å². The SMILES string of the molecule is CN1C(=O)[C@@]2(NN=C(Cc3ccccc3)S2)c2cc(Br)ccc21. The van der Waals surface area contributed by atoms with Crippen LogP contribution in [0.15, 0.2) is 58.1 Å². The van der Waals surface area contributed by atoms with Crippen molar-refractivity contribution in [1.82, 2.24) is 5.43 Å². The number of fused-ring (bicyclic) bond motifs is 2. The lowest BCUT2D eigenvalue weighted by atomic mass is 10.1. The number of benzene rings is 2. The number of carbonyl (C=O) groups excluding carboxylic acids is 1. The number of nitrogens with one attached hydrogen (secondary N) is 1. The van der Waals surface area contributed by atoms with Crippen molar-refractivity contribution in [2.75, 3.05) is 11.9 Å². The lowest BCUT2D eigenvalue weighted by molar-refractivity contribution is -0.120. The van der Waals surface area contributed by atoms with Gasteiger partial charge in [-0.25, -0.2) is 0 Å². The van der Waals surface area contributed by atoms with Crippen molar-refractivity contribution < 1.29 is 4.79 Å². The van der Waals surface area contributed by atoms with Gasteiger partial charge in [-0.1, -0.05) is 58.0 Å². The van der Waals surface area contributed by atoms with Crippen LogP contribution in [0.2, 0.25) is 0 Å². The van der Waals surface area contributed by atoms with Gasteiger partial charge < -0.3 is 4.90 Å². The summed E-state index contributed by atoms with van der Waals surface area (Å²) >= 11 is 5.01. The third-order valence-corrected chi connectivity index (χ3v) is 5.87. The summed E-state index contributed by atoms with van der Waals surface area (Å²) in [5.74, 6) is 0.0161. The van der Waals surface area contributed by atoms with E-state index in [2.05, 4.69) is 38.6 Å². The van der Waals surface area contributed by atoms with Crippen LogP contribution in [0.5, 0.6) is 0 Å². The van der Waals surface area contributed by atoms with E-state index in [-0.39, 0.29) is 5.91 Å². The van der Waals surface area contributed by atoms with E-state index in [9.17, 15) is 4.79 Å². The number of rotatable bonds is 2. The number of hydrogen-bond donors (Lipinski definition) is 1. The highest BCUT2D eigenvalue weighted by molar-refractivity contribution is 9.10. The van der Waals surface area contributed by atoms with E-state index in [0.717, 1.165) is 27.2 Å². The third-order valence-electron chi connectivity index (χ3n) is 4.11. The van der Waals surface area contributed by atoms with Crippen molar-refractivity contribution in [3.8, 4) is 0 Å². The van der Waals surface area contributed by atoms with Crippen molar-refractivity contribution in [1.29, 1.82) is 0 Å². The average Bonchev–Trinajstić information content (AvgIpc) is 3.06. The monoisotopic (exact) mass is 387 g/mol. The molecule has 2 aliphatic rings. The van der Waals surface area contributed by atoms with Crippen LogP contribution in [0, 0.1) is 0 Å². The Morgan fingerprint density at radius 2 is 2.04 bits per heavy atom. The van der Waals surface area contributed by atoms with Gasteiger partial charge in [0.25, 0.3) is 5.91 Å². The first kappa shape index (κ1) is 14.8. The van der Waals surface area contributed by atoms with E-state index >= 15 is 0 Å². The Morgan fingerprint density at radius 3 is 2.83 bits per heavy atom. The Kier molecular flexibility index (Phi) is 3.46. The molecule has 1 spiro atoms. The second-order valence-corrected chi connectivity index (χ2v) is 7.79. The normalized spacial score (nSPS) is 22.3. The van der Waals surface area contributed by atoms with Gasteiger partial charge in [-0.2, -0.15) is 5.10 Å². The fraction of sp³-hybridized carbons (Fsp3) is 0.176. The molecular weight excluding hydrogens is 374 g/mol. The highest BCUT2D eigenvalue weighted by Gasteiger charge is 2.54. The number of hydrazone groups is 1. The zero-order valence-corrected chi connectivity index (χ0v) is 14.8. The highest BCUT2D eigenvalue weighted by atomic mass is 79.9. The Labute approximate surface area is 147 Å². The summed E-state index contributed by atoms with van der Waals surface area (Å²) in [4.78, 5) is 13.7.